The van der Waals surface area contributed by atoms with Crippen molar-refractivity contribution in [3.63, 3.8) is 0 Å². The number of carbonyl (C=O) groups excluding carboxylic acids is 2. The second-order valence-electron chi connectivity index (χ2n) is 5.39. The van der Waals surface area contributed by atoms with E-state index >= 15 is 0 Å². The predicted molar refractivity (Wildman–Crippen MR) is 90.9 cm³/mol. The molecular formula is C20H18NO3+. The van der Waals surface area contributed by atoms with Crippen LogP contribution in [-0.4, -0.2) is 18.4 Å². The van der Waals surface area contributed by atoms with Crippen molar-refractivity contribution in [2.45, 2.75) is 13.5 Å². The molecule has 0 radical (unpaired) electrons. The number of hydrogen-bond acceptors (Lipinski definition) is 3. The van der Waals surface area contributed by atoms with Crippen LogP contribution >= 0.6 is 0 Å². The fourth-order valence-electron chi connectivity index (χ4n) is 2.69. The van der Waals surface area contributed by atoms with E-state index in [1.54, 1.807) is 29.8 Å². The number of benzene rings is 2. The highest BCUT2D eigenvalue weighted by Crippen LogP contribution is 2.16. The van der Waals surface area contributed by atoms with E-state index in [2.05, 4.69) is 0 Å². The first-order valence-electron chi connectivity index (χ1n) is 7.87. The lowest BCUT2D eigenvalue weighted by atomic mass is 10.1. The molecule has 0 saturated carbocycles. The van der Waals surface area contributed by atoms with E-state index in [0.717, 1.165) is 10.8 Å². The van der Waals surface area contributed by atoms with Gasteiger partial charge in [-0.05, 0) is 18.4 Å². The number of ether oxygens (including phenoxy) is 1. The molecular weight excluding hydrogens is 302 g/mol. The summed E-state index contributed by atoms with van der Waals surface area (Å²) >= 11 is 0. The standard InChI is InChI=1S/C20H18NO3/c1-2-24-20(23)19-17-11-7-6-8-15(17)12-13-21(19)14-18(22)16-9-4-3-5-10-16/h3-13H,2,14H2,1H3/q+1. The topological polar surface area (TPSA) is 47.2 Å². The van der Waals surface area contributed by atoms with Gasteiger partial charge in [-0.3, -0.25) is 4.79 Å². The van der Waals surface area contributed by atoms with Crippen molar-refractivity contribution in [3.05, 3.63) is 78.1 Å². The maximum atomic E-state index is 12.5. The summed E-state index contributed by atoms with van der Waals surface area (Å²) in [7, 11) is 0. The molecule has 0 aliphatic carbocycles. The lowest BCUT2D eigenvalue weighted by Crippen LogP contribution is -2.44. The number of nitrogens with zero attached hydrogens (tertiary/aromatic N) is 1. The summed E-state index contributed by atoms with van der Waals surface area (Å²) in [5, 5.41) is 1.71. The fraction of sp³-hybridized carbons (Fsp3) is 0.150. The van der Waals surface area contributed by atoms with Gasteiger partial charge in [0, 0.05) is 11.6 Å². The number of carbonyl (C=O) groups is 2. The molecule has 0 unspecified atom stereocenters. The molecule has 0 fully saturated rings. The molecule has 0 aliphatic heterocycles. The Kier molecular flexibility index (Phi) is 4.66. The maximum Gasteiger partial charge on any atom is 0.404 e. The highest BCUT2D eigenvalue weighted by Gasteiger charge is 2.26. The van der Waals surface area contributed by atoms with E-state index in [0.29, 0.717) is 11.3 Å². The number of pyridine rings is 1. The largest absolute Gasteiger partial charge is 0.458 e. The Labute approximate surface area is 140 Å². The zero-order valence-corrected chi connectivity index (χ0v) is 13.4. The molecule has 2 aromatic carbocycles. The van der Waals surface area contributed by atoms with Crippen LogP contribution in [0.3, 0.4) is 0 Å². The molecule has 3 aromatic rings. The first-order valence-corrected chi connectivity index (χ1v) is 7.87. The third-order valence-corrected chi connectivity index (χ3v) is 3.82. The first-order chi connectivity index (χ1) is 11.7. The van der Waals surface area contributed by atoms with Gasteiger partial charge in [-0.25, -0.2) is 4.79 Å². The Bertz CT molecular complexity index is 888. The van der Waals surface area contributed by atoms with Crippen LogP contribution in [0.25, 0.3) is 10.8 Å². The average molecular weight is 320 g/mol. The smallest absolute Gasteiger partial charge is 0.404 e. The SMILES string of the molecule is CCOC(=O)c1c2ccccc2cc[n+]1CC(=O)c1ccccc1. The van der Waals surface area contributed by atoms with Crippen LogP contribution in [0.5, 0.6) is 0 Å². The molecule has 0 spiro atoms. The van der Waals surface area contributed by atoms with Gasteiger partial charge < -0.3 is 4.74 Å². The van der Waals surface area contributed by atoms with Crippen molar-refractivity contribution in [2.24, 2.45) is 0 Å². The summed E-state index contributed by atoms with van der Waals surface area (Å²) in [6.45, 7) is 2.14. The monoisotopic (exact) mass is 320 g/mol. The van der Waals surface area contributed by atoms with E-state index < -0.39 is 5.97 Å². The maximum absolute atomic E-state index is 12.5. The molecule has 0 amide bonds. The summed E-state index contributed by atoms with van der Waals surface area (Å²) in [6.07, 6.45) is 1.76. The van der Waals surface area contributed by atoms with Gasteiger partial charge in [0.1, 0.15) is 0 Å². The van der Waals surface area contributed by atoms with Gasteiger partial charge in [-0.2, -0.15) is 4.57 Å². The van der Waals surface area contributed by atoms with Crippen LogP contribution in [0.15, 0.2) is 66.9 Å². The molecule has 0 saturated heterocycles. The van der Waals surface area contributed by atoms with Crippen LogP contribution in [0.2, 0.25) is 0 Å². The first kappa shape index (κ1) is 15.9. The highest BCUT2D eigenvalue weighted by molar-refractivity contribution is 6.01. The number of aromatic nitrogens is 1. The summed E-state index contributed by atoms with van der Waals surface area (Å²) in [4.78, 5) is 25.0. The molecule has 4 heteroatoms. The van der Waals surface area contributed by atoms with Crippen molar-refractivity contribution >= 4 is 22.5 Å². The van der Waals surface area contributed by atoms with Crippen LogP contribution in [0.1, 0.15) is 27.8 Å². The van der Waals surface area contributed by atoms with Gasteiger partial charge in [0.05, 0.1) is 12.0 Å². The summed E-state index contributed by atoms with van der Waals surface area (Å²) in [5.41, 5.74) is 1.02. The van der Waals surface area contributed by atoms with Crippen molar-refractivity contribution in [2.75, 3.05) is 6.61 Å². The minimum atomic E-state index is -0.421. The van der Waals surface area contributed by atoms with Crippen LogP contribution < -0.4 is 4.57 Å². The minimum Gasteiger partial charge on any atom is -0.458 e. The number of rotatable bonds is 5. The Morgan fingerprint density at radius 2 is 1.67 bits per heavy atom. The quantitative estimate of drug-likeness (QED) is 0.412. The Balaban J connectivity index is 2.05. The average Bonchev–Trinajstić information content (AvgIpc) is 2.62. The molecule has 0 N–H and O–H groups in total. The van der Waals surface area contributed by atoms with Crippen molar-refractivity contribution in [1.82, 2.24) is 0 Å². The third-order valence-electron chi connectivity index (χ3n) is 3.82. The predicted octanol–water partition coefficient (Wildman–Crippen LogP) is 3.19. The van der Waals surface area contributed by atoms with E-state index in [-0.39, 0.29) is 18.9 Å². The van der Waals surface area contributed by atoms with Crippen LogP contribution in [-0.2, 0) is 11.3 Å². The number of fused-ring (bicyclic) bond motifs is 1. The molecule has 120 valence electrons. The lowest BCUT2D eigenvalue weighted by Gasteiger charge is -2.07. The molecule has 0 aliphatic rings. The van der Waals surface area contributed by atoms with E-state index in [1.165, 1.54) is 0 Å². The Morgan fingerprint density at radius 1 is 0.958 bits per heavy atom. The fourth-order valence-corrected chi connectivity index (χ4v) is 2.69. The van der Waals surface area contributed by atoms with Crippen molar-refractivity contribution < 1.29 is 18.9 Å². The molecule has 3 rings (SSSR count). The Hall–Kier alpha value is -3.01. The second kappa shape index (κ2) is 7.04. The Morgan fingerprint density at radius 3 is 2.42 bits per heavy atom. The zero-order chi connectivity index (χ0) is 16.9. The van der Waals surface area contributed by atoms with Gasteiger partial charge in [0.2, 0.25) is 12.3 Å². The summed E-state index contributed by atoms with van der Waals surface area (Å²) in [6, 6.07) is 18.5. The second-order valence-corrected chi connectivity index (χ2v) is 5.39. The number of Topliss-reactive ketones (excluding diaryl/α,β-unsaturated/α-hetero) is 1. The molecule has 1 heterocycles. The van der Waals surface area contributed by atoms with Gasteiger partial charge in [-0.1, -0.05) is 48.5 Å². The van der Waals surface area contributed by atoms with Gasteiger partial charge in [0.15, 0.2) is 6.20 Å². The molecule has 24 heavy (non-hydrogen) atoms. The molecule has 4 nitrogen and oxygen atoms in total. The lowest BCUT2D eigenvalue weighted by molar-refractivity contribution is -0.684. The van der Waals surface area contributed by atoms with Crippen molar-refractivity contribution in [1.29, 1.82) is 0 Å². The van der Waals surface area contributed by atoms with E-state index in [4.69, 9.17) is 4.74 Å². The summed E-state index contributed by atoms with van der Waals surface area (Å²) in [5.74, 6) is -0.475. The van der Waals surface area contributed by atoms with Gasteiger partial charge in [0.25, 0.3) is 5.69 Å². The van der Waals surface area contributed by atoms with E-state index in [1.807, 2.05) is 48.5 Å². The number of ketones is 1. The van der Waals surface area contributed by atoms with E-state index in [9.17, 15) is 9.59 Å². The van der Waals surface area contributed by atoms with Crippen molar-refractivity contribution in [3.8, 4) is 0 Å². The highest BCUT2D eigenvalue weighted by atomic mass is 16.5. The normalized spacial score (nSPS) is 10.5. The number of hydrogen-bond donors (Lipinski definition) is 0. The van der Waals surface area contributed by atoms with Crippen LogP contribution in [0, 0.1) is 0 Å². The number of esters is 1. The molecule has 0 atom stereocenters. The van der Waals surface area contributed by atoms with Gasteiger partial charge >= 0.3 is 5.97 Å². The molecule has 1 aromatic heterocycles. The third kappa shape index (κ3) is 3.18. The minimum absolute atomic E-state index is 0.0542. The summed E-state index contributed by atoms with van der Waals surface area (Å²) < 4.78 is 6.86. The zero-order valence-electron chi connectivity index (χ0n) is 13.4. The molecule has 0 bridgehead atoms. The van der Waals surface area contributed by atoms with Gasteiger partial charge in [-0.15, -0.1) is 0 Å². The van der Waals surface area contributed by atoms with Crippen LogP contribution in [0.4, 0.5) is 0 Å².